The monoisotopic (exact) mass is 512 g/mol. The van der Waals surface area contributed by atoms with Crippen molar-refractivity contribution in [3.8, 4) is 11.3 Å². The van der Waals surface area contributed by atoms with Gasteiger partial charge in [-0.2, -0.15) is 0 Å². The van der Waals surface area contributed by atoms with Crippen LogP contribution in [0.3, 0.4) is 0 Å². The molecule has 1 aliphatic heterocycles. The highest BCUT2D eigenvalue weighted by Crippen LogP contribution is 2.30. The van der Waals surface area contributed by atoms with Gasteiger partial charge in [-0.05, 0) is 62.1 Å². The fraction of sp³-hybridized carbons (Fsp3) is 0.345. The van der Waals surface area contributed by atoms with Crippen LogP contribution in [-0.2, 0) is 9.59 Å². The van der Waals surface area contributed by atoms with Crippen LogP contribution in [0.2, 0.25) is 0 Å². The lowest BCUT2D eigenvalue weighted by Crippen LogP contribution is -2.45. The van der Waals surface area contributed by atoms with Gasteiger partial charge in [0.2, 0.25) is 11.8 Å². The zero-order valence-electron chi connectivity index (χ0n) is 21.2. The summed E-state index contributed by atoms with van der Waals surface area (Å²) in [4.78, 5) is 39.2. The summed E-state index contributed by atoms with van der Waals surface area (Å²) in [5, 5.41) is 17.4. The first-order valence-electron chi connectivity index (χ1n) is 13.2. The van der Waals surface area contributed by atoms with Crippen molar-refractivity contribution in [1.82, 2.24) is 20.8 Å². The van der Waals surface area contributed by atoms with Gasteiger partial charge in [-0.1, -0.05) is 30.3 Å². The van der Waals surface area contributed by atoms with Crippen molar-refractivity contribution in [2.45, 2.75) is 25.7 Å². The maximum atomic E-state index is 12.8. The summed E-state index contributed by atoms with van der Waals surface area (Å²) in [6, 6.07) is 20.7. The fourth-order valence-electron chi connectivity index (χ4n) is 4.56. The van der Waals surface area contributed by atoms with Crippen molar-refractivity contribution in [1.29, 1.82) is 0 Å². The lowest BCUT2D eigenvalue weighted by atomic mass is 9.97. The minimum atomic E-state index is -0.222. The molecule has 5 rings (SSSR count). The number of anilines is 2. The molecule has 0 bridgehead atoms. The third-order valence-electron chi connectivity index (χ3n) is 6.91. The highest BCUT2D eigenvalue weighted by Gasteiger charge is 2.29. The van der Waals surface area contributed by atoms with Gasteiger partial charge in [-0.15, -0.1) is 10.2 Å². The Morgan fingerprint density at radius 2 is 1.55 bits per heavy atom. The summed E-state index contributed by atoms with van der Waals surface area (Å²) in [7, 11) is 0. The maximum Gasteiger partial charge on any atom is 0.251 e. The molecule has 38 heavy (non-hydrogen) atoms. The van der Waals surface area contributed by atoms with E-state index in [4.69, 9.17) is 0 Å². The van der Waals surface area contributed by atoms with Crippen LogP contribution < -0.4 is 20.9 Å². The first-order chi connectivity index (χ1) is 18.6. The van der Waals surface area contributed by atoms with Crippen LogP contribution in [0.15, 0.2) is 66.7 Å². The van der Waals surface area contributed by atoms with Gasteiger partial charge in [0, 0.05) is 48.9 Å². The van der Waals surface area contributed by atoms with Crippen LogP contribution in [0, 0.1) is 11.8 Å². The number of aromatic nitrogens is 2. The van der Waals surface area contributed by atoms with Crippen molar-refractivity contribution >= 4 is 29.2 Å². The second-order valence-electron chi connectivity index (χ2n) is 9.82. The number of piperidine rings is 1. The van der Waals surface area contributed by atoms with Crippen molar-refractivity contribution in [3.05, 3.63) is 72.3 Å². The molecular formula is C29H32N6O3. The van der Waals surface area contributed by atoms with Gasteiger partial charge in [0.05, 0.1) is 11.6 Å². The molecule has 1 atom stereocenters. The molecule has 3 N–H and O–H groups in total. The third-order valence-corrected chi connectivity index (χ3v) is 6.91. The number of hydrogen-bond acceptors (Lipinski definition) is 6. The first kappa shape index (κ1) is 25.4. The van der Waals surface area contributed by atoms with Crippen LogP contribution in [0.5, 0.6) is 0 Å². The normalized spacial score (nSPS) is 16.9. The Kier molecular flexibility index (Phi) is 7.92. The predicted molar refractivity (Wildman–Crippen MR) is 146 cm³/mol. The Morgan fingerprint density at radius 1 is 0.789 bits per heavy atom. The van der Waals surface area contributed by atoms with Gasteiger partial charge < -0.3 is 20.9 Å². The van der Waals surface area contributed by atoms with Gasteiger partial charge in [0.1, 0.15) is 0 Å². The van der Waals surface area contributed by atoms with Gasteiger partial charge in [-0.25, -0.2) is 0 Å². The zero-order chi connectivity index (χ0) is 26.3. The molecule has 1 saturated heterocycles. The van der Waals surface area contributed by atoms with E-state index in [0.29, 0.717) is 30.9 Å². The molecule has 2 heterocycles. The van der Waals surface area contributed by atoms with E-state index in [2.05, 4.69) is 31.0 Å². The molecule has 9 nitrogen and oxygen atoms in total. The molecule has 1 aliphatic carbocycles. The van der Waals surface area contributed by atoms with E-state index >= 15 is 0 Å². The first-order valence-corrected chi connectivity index (χ1v) is 13.2. The third kappa shape index (κ3) is 6.53. The van der Waals surface area contributed by atoms with Crippen LogP contribution in [0.1, 0.15) is 36.0 Å². The molecule has 1 aromatic heterocycles. The van der Waals surface area contributed by atoms with Crippen molar-refractivity contribution in [2.75, 3.05) is 36.4 Å². The molecule has 2 aliphatic rings. The molecule has 9 heteroatoms. The quantitative estimate of drug-likeness (QED) is 0.379. The standard InChI is InChI=1S/C29H32N6O3/c36-27(21-10-12-24(13-11-21)32-29(38)22-8-9-22)30-16-17-31-28(37)23-7-4-18-35(19-23)26-15-14-25(33-34-26)20-5-2-1-3-6-20/h1-3,5-6,10-15,22-23H,4,7-9,16-19H2,(H,30,36)(H,31,37)(H,32,38). The summed E-state index contributed by atoms with van der Waals surface area (Å²) in [5.74, 6) is 0.549. The lowest BCUT2D eigenvalue weighted by Gasteiger charge is -2.32. The fourth-order valence-corrected chi connectivity index (χ4v) is 4.56. The number of benzene rings is 2. The van der Waals surface area contributed by atoms with E-state index in [9.17, 15) is 14.4 Å². The Balaban J connectivity index is 1.04. The molecule has 0 radical (unpaired) electrons. The molecule has 1 saturated carbocycles. The van der Waals surface area contributed by atoms with E-state index < -0.39 is 0 Å². The van der Waals surface area contributed by atoms with Crippen LogP contribution in [0.25, 0.3) is 11.3 Å². The minimum absolute atomic E-state index is 0.0198. The number of carbonyl (C=O) groups excluding carboxylic acids is 3. The summed E-state index contributed by atoms with van der Waals surface area (Å²) in [6.07, 6.45) is 3.60. The van der Waals surface area contributed by atoms with Crippen molar-refractivity contribution < 1.29 is 14.4 Å². The van der Waals surface area contributed by atoms with Gasteiger partial charge in [-0.3, -0.25) is 14.4 Å². The van der Waals surface area contributed by atoms with Crippen LogP contribution >= 0.6 is 0 Å². The topological polar surface area (TPSA) is 116 Å². The minimum Gasteiger partial charge on any atom is -0.354 e. The van der Waals surface area contributed by atoms with E-state index in [0.717, 1.165) is 49.3 Å². The number of amides is 3. The highest BCUT2D eigenvalue weighted by molar-refractivity contribution is 5.96. The van der Waals surface area contributed by atoms with E-state index in [1.54, 1.807) is 24.3 Å². The van der Waals surface area contributed by atoms with Crippen molar-refractivity contribution in [3.63, 3.8) is 0 Å². The average molecular weight is 513 g/mol. The summed E-state index contributed by atoms with van der Waals surface area (Å²) >= 11 is 0. The predicted octanol–water partition coefficient (Wildman–Crippen LogP) is 3.25. The Bertz CT molecular complexity index is 1260. The molecule has 0 spiro atoms. The van der Waals surface area contributed by atoms with E-state index in [1.807, 2.05) is 42.5 Å². The number of hydrogen-bond donors (Lipinski definition) is 3. The SMILES string of the molecule is O=C(NCCNC(=O)C1CCCN(c2ccc(-c3ccccc3)nn2)C1)c1ccc(NC(=O)C2CC2)cc1. The molecule has 2 aromatic carbocycles. The molecule has 3 aromatic rings. The van der Waals surface area contributed by atoms with Crippen LogP contribution in [0.4, 0.5) is 11.5 Å². The molecule has 3 amide bonds. The van der Waals surface area contributed by atoms with E-state index in [1.165, 1.54) is 0 Å². The summed E-state index contributed by atoms with van der Waals surface area (Å²) in [5.41, 5.74) is 3.02. The van der Waals surface area contributed by atoms with Crippen LogP contribution in [-0.4, -0.2) is 54.1 Å². The Labute approximate surface area is 222 Å². The number of rotatable bonds is 9. The highest BCUT2D eigenvalue weighted by atomic mass is 16.2. The maximum absolute atomic E-state index is 12.8. The molecule has 196 valence electrons. The van der Waals surface area contributed by atoms with E-state index in [-0.39, 0.29) is 29.6 Å². The number of carbonyl (C=O) groups is 3. The largest absolute Gasteiger partial charge is 0.354 e. The summed E-state index contributed by atoms with van der Waals surface area (Å²) in [6.45, 7) is 2.10. The zero-order valence-corrected chi connectivity index (χ0v) is 21.2. The Morgan fingerprint density at radius 3 is 2.26 bits per heavy atom. The smallest absolute Gasteiger partial charge is 0.251 e. The van der Waals surface area contributed by atoms with Gasteiger partial charge in [0.15, 0.2) is 5.82 Å². The Hall–Kier alpha value is -4.27. The number of nitrogens with zero attached hydrogens (tertiary/aromatic N) is 3. The lowest BCUT2D eigenvalue weighted by molar-refractivity contribution is -0.125. The molecule has 1 unspecified atom stereocenters. The second kappa shape index (κ2) is 11.9. The summed E-state index contributed by atoms with van der Waals surface area (Å²) < 4.78 is 0. The molecular weight excluding hydrogens is 480 g/mol. The van der Waals surface area contributed by atoms with Crippen molar-refractivity contribution in [2.24, 2.45) is 11.8 Å². The second-order valence-corrected chi connectivity index (χ2v) is 9.82. The van der Waals surface area contributed by atoms with Gasteiger partial charge >= 0.3 is 0 Å². The van der Waals surface area contributed by atoms with Gasteiger partial charge in [0.25, 0.3) is 5.91 Å². The average Bonchev–Trinajstić information content (AvgIpc) is 3.82. The molecule has 2 fully saturated rings. The number of nitrogens with one attached hydrogen (secondary N) is 3.